The SMILES string of the molecule is CN(CCc1ccccn1)C(=O)CNCc1ccccc1. The monoisotopic (exact) mass is 283 g/mol. The lowest BCUT2D eigenvalue weighted by atomic mass is 10.2. The standard InChI is InChI=1S/C17H21N3O/c1-20(12-10-16-9-5-6-11-19-16)17(21)14-18-13-15-7-3-2-4-8-15/h2-9,11,18H,10,12-14H2,1H3. The second kappa shape index (κ2) is 8.17. The van der Waals surface area contributed by atoms with E-state index in [2.05, 4.69) is 10.3 Å². The maximum atomic E-state index is 12.0. The summed E-state index contributed by atoms with van der Waals surface area (Å²) in [5.74, 6) is 0.0989. The van der Waals surface area contributed by atoms with Crippen molar-refractivity contribution in [3.63, 3.8) is 0 Å². The van der Waals surface area contributed by atoms with Crippen LogP contribution in [0.1, 0.15) is 11.3 Å². The number of nitrogens with zero attached hydrogens (tertiary/aromatic N) is 2. The summed E-state index contributed by atoms with van der Waals surface area (Å²) in [6.07, 6.45) is 2.56. The molecule has 1 aromatic carbocycles. The van der Waals surface area contributed by atoms with Gasteiger partial charge < -0.3 is 10.2 Å². The first-order valence-corrected chi connectivity index (χ1v) is 7.14. The molecule has 21 heavy (non-hydrogen) atoms. The van der Waals surface area contributed by atoms with Gasteiger partial charge in [0.1, 0.15) is 0 Å². The first-order chi connectivity index (χ1) is 10.3. The second-order valence-corrected chi connectivity index (χ2v) is 4.98. The summed E-state index contributed by atoms with van der Waals surface area (Å²) < 4.78 is 0. The third-order valence-corrected chi connectivity index (χ3v) is 3.30. The molecule has 4 heteroatoms. The largest absolute Gasteiger partial charge is 0.344 e. The highest BCUT2D eigenvalue weighted by Gasteiger charge is 2.08. The van der Waals surface area contributed by atoms with E-state index in [9.17, 15) is 4.79 Å². The zero-order chi connectivity index (χ0) is 14.9. The van der Waals surface area contributed by atoms with E-state index < -0.39 is 0 Å². The minimum Gasteiger partial charge on any atom is -0.344 e. The van der Waals surface area contributed by atoms with Crippen molar-refractivity contribution in [1.82, 2.24) is 15.2 Å². The predicted molar refractivity (Wildman–Crippen MR) is 83.7 cm³/mol. The molecule has 4 nitrogen and oxygen atoms in total. The zero-order valence-electron chi connectivity index (χ0n) is 12.3. The number of hydrogen-bond acceptors (Lipinski definition) is 3. The Bertz CT molecular complexity index is 542. The molecule has 0 saturated carbocycles. The fourth-order valence-electron chi connectivity index (χ4n) is 2.00. The van der Waals surface area contributed by atoms with Crippen LogP contribution >= 0.6 is 0 Å². The van der Waals surface area contributed by atoms with Gasteiger partial charge in [0.2, 0.25) is 5.91 Å². The minimum absolute atomic E-state index is 0.0989. The molecule has 2 rings (SSSR count). The molecular weight excluding hydrogens is 262 g/mol. The van der Waals surface area contributed by atoms with Gasteiger partial charge in [-0.2, -0.15) is 0 Å². The summed E-state index contributed by atoms with van der Waals surface area (Å²) in [4.78, 5) is 18.0. The van der Waals surface area contributed by atoms with Crippen LogP contribution < -0.4 is 5.32 Å². The Kier molecular flexibility index (Phi) is 5.91. The van der Waals surface area contributed by atoms with Crippen molar-refractivity contribution >= 4 is 5.91 Å². The lowest BCUT2D eigenvalue weighted by Gasteiger charge is -2.17. The maximum absolute atomic E-state index is 12.0. The van der Waals surface area contributed by atoms with Gasteiger partial charge in [-0.3, -0.25) is 9.78 Å². The van der Waals surface area contributed by atoms with E-state index in [-0.39, 0.29) is 5.91 Å². The van der Waals surface area contributed by atoms with E-state index in [1.165, 1.54) is 5.56 Å². The molecule has 0 unspecified atom stereocenters. The van der Waals surface area contributed by atoms with Crippen LogP contribution in [0.15, 0.2) is 54.7 Å². The van der Waals surface area contributed by atoms with E-state index >= 15 is 0 Å². The molecule has 0 aliphatic heterocycles. The third-order valence-electron chi connectivity index (χ3n) is 3.30. The van der Waals surface area contributed by atoms with Crippen LogP contribution in [0.3, 0.4) is 0 Å². The van der Waals surface area contributed by atoms with Gasteiger partial charge in [0.15, 0.2) is 0 Å². The lowest BCUT2D eigenvalue weighted by molar-refractivity contribution is -0.128. The maximum Gasteiger partial charge on any atom is 0.236 e. The number of nitrogens with one attached hydrogen (secondary N) is 1. The van der Waals surface area contributed by atoms with Crippen LogP contribution in [0.25, 0.3) is 0 Å². The number of amides is 1. The zero-order valence-corrected chi connectivity index (χ0v) is 12.3. The molecule has 1 aromatic heterocycles. The van der Waals surface area contributed by atoms with Crippen molar-refractivity contribution in [2.45, 2.75) is 13.0 Å². The fourth-order valence-corrected chi connectivity index (χ4v) is 2.00. The van der Waals surface area contributed by atoms with Gasteiger partial charge in [0, 0.05) is 38.4 Å². The van der Waals surface area contributed by atoms with Gasteiger partial charge in [0.05, 0.1) is 6.54 Å². The fraction of sp³-hybridized carbons (Fsp3) is 0.294. The van der Waals surface area contributed by atoms with Crippen LogP contribution in [-0.4, -0.2) is 35.9 Å². The molecule has 2 aromatic rings. The Labute approximate surface area is 125 Å². The van der Waals surface area contributed by atoms with Crippen molar-refractivity contribution in [3.8, 4) is 0 Å². The van der Waals surface area contributed by atoms with Crippen LogP contribution in [0.2, 0.25) is 0 Å². The molecule has 0 fully saturated rings. The molecule has 0 bridgehead atoms. The number of benzene rings is 1. The molecule has 0 radical (unpaired) electrons. The average Bonchev–Trinajstić information content (AvgIpc) is 2.54. The summed E-state index contributed by atoms with van der Waals surface area (Å²) in [5.41, 5.74) is 2.19. The molecule has 1 amide bonds. The van der Waals surface area contributed by atoms with Crippen LogP contribution in [-0.2, 0) is 17.8 Å². The van der Waals surface area contributed by atoms with Crippen LogP contribution in [0, 0.1) is 0 Å². The summed E-state index contributed by atoms with van der Waals surface area (Å²) in [7, 11) is 1.83. The topological polar surface area (TPSA) is 45.2 Å². The number of likely N-dealkylation sites (N-methyl/N-ethyl adjacent to an activating group) is 1. The van der Waals surface area contributed by atoms with E-state index in [4.69, 9.17) is 0 Å². The highest BCUT2D eigenvalue weighted by atomic mass is 16.2. The lowest BCUT2D eigenvalue weighted by Crippen LogP contribution is -2.36. The number of carbonyl (C=O) groups excluding carboxylic acids is 1. The van der Waals surface area contributed by atoms with Gasteiger partial charge in [-0.25, -0.2) is 0 Å². The van der Waals surface area contributed by atoms with Crippen molar-refractivity contribution in [3.05, 3.63) is 66.0 Å². The normalized spacial score (nSPS) is 10.3. The highest BCUT2D eigenvalue weighted by Crippen LogP contribution is 1.98. The highest BCUT2D eigenvalue weighted by molar-refractivity contribution is 5.77. The van der Waals surface area contributed by atoms with E-state index in [1.54, 1.807) is 11.1 Å². The van der Waals surface area contributed by atoms with Gasteiger partial charge >= 0.3 is 0 Å². The Morgan fingerprint density at radius 2 is 1.90 bits per heavy atom. The van der Waals surface area contributed by atoms with Gasteiger partial charge in [-0.05, 0) is 17.7 Å². The van der Waals surface area contributed by atoms with Crippen molar-refractivity contribution in [2.24, 2.45) is 0 Å². The predicted octanol–water partition coefficient (Wildman–Crippen LogP) is 1.87. The van der Waals surface area contributed by atoms with Crippen LogP contribution in [0.4, 0.5) is 0 Å². The number of carbonyl (C=O) groups is 1. The Morgan fingerprint density at radius 3 is 2.62 bits per heavy atom. The summed E-state index contributed by atoms with van der Waals surface area (Å²) in [6, 6.07) is 15.9. The Morgan fingerprint density at radius 1 is 1.14 bits per heavy atom. The van der Waals surface area contributed by atoms with Gasteiger partial charge in [-0.15, -0.1) is 0 Å². The molecule has 0 aliphatic carbocycles. The molecule has 1 heterocycles. The molecule has 1 N–H and O–H groups in total. The van der Waals surface area contributed by atoms with Crippen molar-refractivity contribution < 1.29 is 4.79 Å². The first kappa shape index (κ1) is 15.2. The number of pyridine rings is 1. The minimum atomic E-state index is 0.0989. The van der Waals surface area contributed by atoms with Gasteiger partial charge in [-0.1, -0.05) is 36.4 Å². The third kappa shape index (κ3) is 5.36. The first-order valence-electron chi connectivity index (χ1n) is 7.14. The van der Waals surface area contributed by atoms with E-state index in [0.717, 1.165) is 12.1 Å². The second-order valence-electron chi connectivity index (χ2n) is 4.98. The molecule has 0 saturated heterocycles. The molecule has 0 aliphatic rings. The molecule has 110 valence electrons. The summed E-state index contributed by atoms with van der Waals surface area (Å²) >= 11 is 0. The molecular formula is C17H21N3O. The van der Waals surface area contributed by atoms with Crippen molar-refractivity contribution in [2.75, 3.05) is 20.1 Å². The Balaban J connectivity index is 1.68. The van der Waals surface area contributed by atoms with E-state index in [0.29, 0.717) is 19.6 Å². The number of rotatable bonds is 7. The van der Waals surface area contributed by atoms with E-state index in [1.807, 2.05) is 55.6 Å². The molecule has 0 spiro atoms. The average molecular weight is 283 g/mol. The number of hydrogen-bond donors (Lipinski definition) is 1. The van der Waals surface area contributed by atoms with Gasteiger partial charge in [0.25, 0.3) is 0 Å². The number of aromatic nitrogens is 1. The summed E-state index contributed by atoms with van der Waals surface area (Å²) in [6.45, 7) is 1.75. The smallest absolute Gasteiger partial charge is 0.236 e. The molecule has 0 atom stereocenters. The summed E-state index contributed by atoms with van der Waals surface area (Å²) in [5, 5.41) is 3.17. The van der Waals surface area contributed by atoms with Crippen molar-refractivity contribution in [1.29, 1.82) is 0 Å². The Hall–Kier alpha value is -2.20. The quantitative estimate of drug-likeness (QED) is 0.844. The van der Waals surface area contributed by atoms with Crippen LogP contribution in [0.5, 0.6) is 0 Å².